The van der Waals surface area contributed by atoms with Crippen LogP contribution in [0, 0.1) is 0 Å². The predicted octanol–water partition coefficient (Wildman–Crippen LogP) is 1.22. The van der Waals surface area contributed by atoms with E-state index in [9.17, 15) is 0 Å². The zero-order valence-electron chi connectivity index (χ0n) is 7.66. The zero-order valence-corrected chi connectivity index (χ0v) is 7.66. The molecule has 68 valence electrons. The summed E-state index contributed by atoms with van der Waals surface area (Å²) in [6.07, 6.45) is 4.03. The second-order valence-corrected chi connectivity index (χ2v) is 2.62. The molecule has 1 rings (SSSR count). The molecule has 0 N–H and O–H groups in total. The molecule has 1 heterocycles. The van der Waals surface area contributed by atoms with Gasteiger partial charge in [0, 0.05) is 6.61 Å². The molecular formula is C8H15N3O. The van der Waals surface area contributed by atoms with Crippen LogP contribution < -0.4 is 0 Å². The van der Waals surface area contributed by atoms with Gasteiger partial charge < -0.3 is 4.74 Å². The Labute approximate surface area is 72.5 Å². The first kappa shape index (κ1) is 9.19. The van der Waals surface area contributed by atoms with Crippen LogP contribution in [-0.4, -0.2) is 21.6 Å². The molecule has 4 heteroatoms. The quantitative estimate of drug-likeness (QED) is 0.665. The standard InChI is InChI=1S/C8H15N3O/c1-3-5-8-6-11(10-9-8)7-12-4-2/h6H,3-5,7H2,1-2H3. The SMILES string of the molecule is CCCc1cn(COCC)nn1. The Kier molecular flexibility index (Phi) is 3.73. The van der Waals surface area contributed by atoms with E-state index >= 15 is 0 Å². The summed E-state index contributed by atoms with van der Waals surface area (Å²) in [5, 5.41) is 7.91. The Morgan fingerprint density at radius 1 is 1.50 bits per heavy atom. The maximum atomic E-state index is 5.17. The maximum absolute atomic E-state index is 5.17. The van der Waals surface area contributed by atoms with Crippen LogP contribution in [-0.2, 0) is 17.9 Å². The monoisotopic (exact) mass is 169 g/mol. The molecule has 0 saturated heterocycles. The molecule has 4 nitrogen and oxygen atoms in total. The highest BCUT2D eigenvalue weighted by molar-refractivity contribution is 4.91. The lowest BCUT2D eigenvalue weighted by Crippen LogP contribution is -2.02. The molecule has 0 aliphatic rings. The summed E-state index contributed by atoms with van der Waals surface area (Å²) < 4.78 is 6.89. The van der Waals surface area contributed by atoms with E-state index in [1.807, 2.05) is 13.1 Å². The van der Waals surface area contributed by atoms with E-state index in [1.54, 1.807) is 4.68 Å². The minimum absolute atomic E-state index is 0.507. The van der Waals surface area contributed by atoms with Gasteiger partial charge in [-0.3, -0.25) is 0 Å². The molecule has 0 fully saturated rings. The Hall–Kier alpha value is -0.900. The maximum Gasteiger partial charge on any atom is 0.141 e. The number of hydrogen-bond acceptors (Lipinski definition) is 3. The largest absolute Gasteiger partial charge is 0.359 e. The van der Waals surface area contributed by atoms with Crippen molar-refractivity contribution in [1.82, 2.24) is 15.0 Å². The normalized spacial score (nSPS) is 10.5. The third-order valence-electron chi connectivity index (χ3n) is 1.52. The molecule has 0 radical (unpaired) electrons. The Bertz CT molecular complexity index is 222. The van der Waals surface area contributed by atoms with Crippen molar-refractivity contribution in [2.24, 2.45) is 0 Å². The second-order valence-electron chi connectivity index (χ2n) is 2.62. The lowest BCUT2D eigenvalue weighted by Gasteiger charge is -1.97. The summed E-state index contributed by atoms with van der Waals surface area (Å²) in [7, 11) is 0. The molecule has 0 aliphatic heterocycles. The Balaban J connectivity index is 2.41. The Morgan fingerprint density at radius 3 is 3.00 bits per heavy atom. The van der Waals surface area contributed by atoms with E-state index in [1.165, 1.54) is 0 Å². The molecule has 0 amide bonds. The smallest absolute Gasteiger partial charge is 0.141 e. The number of aromatic nitrogens is 3. The average molecular weight is 169 g/mol. The molecule has 0 aliphatic carbocycles. The molecule has 0 unspecified atom stereocenters. The number of aryl methyl sites for hydroxylation is 1. The number of ether oxygens (including phenoxy) is 1. The van der Waals surface area contributed by atoms with E-state index < -0.39 is 0 Å². The van der Waals surface area contributed by atoms with Crippen molar-refractivity contribution in [3.05, 3.63) is 11.9 Å². The van der Waals surface area contributed by atoms with Crippen molar-refractivity contribution in [1.29, 1.82) is 0 Å². The summed E-state index contributed by atoms with van der Waals surface area (Å²) in [5.41, 5.74) is 1.04. The highest BCUT2D eigenvalue weighted by atomic mass is 16.5. The molecule has 0 atom stereocenters. The summed E-state index contributed by atoms with van der Waals surface area (Å²) in [5.74, 6) is 0. The van der Waals surface area contributed by atoms with Crippen LogP contribution in [0.5, 0.6) is 0 Å². The van der Waals surface area contributed by atoms with Crippen LogP contribution >= 0.6 is 0 Å². The molecular weight excluding hydrogens is 154 g/mol. The molecule has 0 spiro atoms. The van der Waals surface area contributed by atoms with Gasteiger partial charge in [0.1, 0.15) is 6.73 Å². The van der Waals surface area contributed by atoms with E-state index in [4.69, 9.17) is 4.74 Å². The predicted molar refractivity (Wildman–Crippen MR) is 45.6 cm³/mol. The summed E-state index contributed by atoms with van der Waals surface area (Å²) in [4.78, 5) is 0. The molecule has 1 aromatic heterocycles. The van der Waals surface area contributed by atoms with Gasteiger partial charge in [-0.15, -0.1) is 5.10 Å². The van der Waals surface area contributed by atoms with Crippen LogP contribution in [0.2, 0.25) is 0 Å². The fourth-order valence-corrected chi connectivity index (χ4v) is 0.957. The number of rotatable bonds is 5. The van der Waals surface area contributed by atoms with E-state index in [-0.39, 0.29) is 0 Å². The van der Waals surface area contributed by atoms with Crippen LogP contribution in [0.15, 0.2) is 6.20 Å². The summed E-state index contributed by atoms with van der Waals surface area (Å²) in [6, 6.07) is 0. The van der Waals surface area contributed by atoms with Gasteiger partial charge in [-0.25, -0.2) is 4.68 Å². The third-order valence-corrected chi connectivity index (χ3v) is 1.52. The van der Waals surface area contributed by atoms with Gasteiger partial charge in [0.25, 0.3) is 0 Å². The van der Waals surface area contributed by atoms with Crippen molar-refractivity contribution in [3.63, 3.8) is 0 Å². The van der Waals surface area contributed by atoms with Crippen LogP contribution in [0.1, 0.15) is 26.0 Å². The molecule has 1 aromatic rings. The van der Waals surface area contributed by atoms with Crippen LogP contribution in [0.25, 0.3) is 0 Å². The highest BCUT2D eigenvalue weighted by Gasteiger charge is 1.97. The van der Waals surface area contributed by atoms with Gasteiger partial charge in [-0.1, -0.05) is 18.6 Å². The van der Waals surface area contributed by atoms with Crippen molar-refractivity contribution in [2.75, 3.05) is 6.61 Å². The van der Waals surface area contributed by atoms with Crippen molar-refractivity contribution in [2.45, 2.75) is 33.4 Å². The number of hydrogen-bond donors (Lipinski definition) is 0. The molecule has 12 heavy (non-hydrogen) atoms. The highest BCUT2D eigenvalue weighted by Crippen LogP contribution is 1.97. The third kappa shape index (κ3) is 2.62. The first-order chi connectivity index (χ1) is 5.86. The van der Waals surface area contributed by atoms with E-state index in [0.29, 0.717) is 13.3 Å². The second kappa shape index (κ2) is 4.87. The fourth-order valence-electron chi connectivity index (χ4n) is 0.957. The lowest BCUT2D eigenvalue weighted by atomic mass is 10.3. The first-order valence-electron chi connectivity index (χ1n) is 4.33. The minimum atomic E-state index is 0.507. The topological polar surface area (TPSA) is 39.9 Å². The van der Waals surface area contributed by atoms with Gasteiger partial charge in [0.15, 0.2) is 0 Å². The average Bonchev–Trinajstić information content (AvgIpc) is 2.50. The first-order valence-corrected chi connectivity index (χ1v) is 4.33. The summed E-state index contributed by atoms with van der Waals surface area (Å²) >= 11 is 0. The van der Waals surface area contributed by atoms with Gasteiger partial charge in [-0.2, -0.15) is 0 Å². The summed E-state index contributed by atoms with van der Waals surface area (Å²) in [6.45, 7) is 5.31. The van der Waals surface area contributed by atoms with Gasteiger partial charge in [0.2, 0.25) is 0 Å². The van der Waals surface area contributed by atoms with Crippen molar-refractivity contribution in [3.8, 4) is 0 Å². The minimum Gasteiger partial charge on any atom is -0.359 e. The molecule has 0 saturated carbocycles. The lowest BCUT2D eigenvalue weighted by molar-refractivity contribution is 0.0778. The van der Waals surface area contributed by atoms with Gasteiger partial charge in [-0.05, 0) is 13.3 Å². The van der Waals surface area contributed by atoms with E-state index in [0.717, 1.165) is 18.5 Å². The zero-order chi connectivity index (χ0) is 8.81. The van der Waals surface area contributed by atoms with Crippen molar-refractivity contribution >= 4 is 0 Å². The fraction of sp³-hybridized carbons (Fsp3) is 0.750. The molecule has 0 bridgehead atoms. The van der Waals surface area contributed by atoms with Gasteiger partial charge >= 0.3 is 0 Å². The number of nitrogens with zero attached hydrogens (tertiary/aromatic N) is 3. The molecule has 0 aromatic carbocycles. The van der Waals surface area contributed by atoms with Crippen molar-refractivity contribution < 1.29 is 4.74 Å². The van der Waals surface area contributed by atoms with E-state index in [2.05, 4.69) is 17.2 Å². The van der Waals surface area contributed by atoms with Crippen LogP contribution in [0.3, 0.4) is 0 Å². The van der Waals surface area contributed by atoms with Crippen LogP contribution in [0.4, 0.5) is 0 Å². The Morgan fingerprint density at radius 2 is 2.33 bits per heavy atom. The van der Waals surface area contributed by atoms with Gasteiger partial charge in [0.05, 0.1) is 11.9 Å².